The van der Waals surface area contributed by atoms with Crippen LogP contribution in [0.15, 0.2) is 47.4 Å². The van der Waals surface area contributed by atoms with Gasteiger partial charge in [-0.2, -0.15) is 0 Å². The zero-order chi connectivity index (χ0) is 23.1. The van der Waals surface area contributed by atoms with Crippen LogP contribution in [0.2, 0.25) is 5.02 Å². The maximum Gasteiger partial charge on any atom is 0.300 e. The fourth-order valence-electron chi connectivity index (χ4n) is 2.99. The normalized spacial score (nSPS) is 18.0. The Morgan fingerprint density at radius 1 is 1.23 bits per heavy atom. The smallest absolute Gasteiger partial charge is 0.300 e. The van der Waals surface area contributed by atoms with E-state index in [1.54, 1.807) is 18.1 Å². The first-order valence-corrected chi connectivity index (χ1v) is 10.8. The number of carbonyl (C=O) groups is 2. The van der Waals surface area contributed by atoms with Gasteiger partial charge in [-0.05, 0) is 50.0 Å². The molecular weight excluding hydrogens is 440 g/mol. The minimum absolute atomic E-state index is 0.300. The van der Waals surface area contributed by atoms with E-state index >= 15 is 0 Å². The number of halogens is 1. The molecule has 0 saturated carbocycles. The molecule has 2 atom stereocenters. The van der Waals surface area contributed by atoms with Crippen LogP contribution in [0, 0.1) is 0 Å². The zero-order valence-corrected chi connectivity index (χ0v) is 19.5. The van der Waals surface area contributed by atoms with Crippen molar-refractivity contribution in [3.63, 3.8) is 0 Å². The van der Waals surface area contributed by atoms with Crippen LogP contribution >= 0.6 is 23.4 Å². The molecule has 168 valence electrons. The van der Waals surface area contributed by atoms with Gasteiger partial charge in [0.1, 0.15) is 11.9 Å². The van der Waals surface area contributed by atoms with Crippen molar-refractivity contribution in [1.29, 1.82) is 0 Å². The lowest BCUT2D eigenvalue weighted by molar-refractivity contribution is -0.134. The molecule has 0 aromatic heterocycles. The van der Waals surface area contributed by atoms with Crippen molar-refractivity contribution in [1.82, 2.24) is 4.90 Å². The Morgan fingerprint density at radius 2 is 1.84 bits per heavy atom. The lowest BCUT2D eigenvalue weighted by Crippen LogP contribution is -2.43. The Bertz CT molecular complexity index is 903. The summed E-state index contributed by atoms with van der Waals surface area (Å²) in [6.07, 6.45) is -1.16. The highest BCUT2D eigenvalue weighted by Crippen LogP contribution is 2.46. The molecule has 7 nitrogen and oxygen atoms in total. The number of aliphatic carboxylic acids is 1. The van der Waals surface area contributed by atoms with Gasteiger partial charge < -0.3 is 24.7 Å². The third kappa shape index (κ3) is 6.87. The Labute approximate surface area is 191 Å². The van der Waals surface area contributed by atoms with E-state index in [0.29, 0.717) is 18.1 Å². The lowest BCUT2D eigenvalue weighted by atomic mass is 10.1. The number of methoxy groups -OCH3 is 1. The summed E-state index contributed by atoms with van der Waals surface area (Å²) < 4.78 is 5.21. The SMILES string of the molecule is CC(=O)O.COc1ccc(C2Sc3cc(Cl)ccc3N(CCN(C)C)C(=O)C2O)cc1. The first kappa shape index (κ1) is 25.0. The first-order valence-electron chi connectivity index (χ1n) is 9.58. The highest BCUT2D eigenvalue weighted by atomic mass is 35.5. The van der Waals surface area contributed by atoms with E-state index in [-0.39, 0.29) is 5.91 Å². The zero-order valence-electron chi connectivity index (χ0n) is 17.9. The highest BCUT2D eigenvalue weighted by molar-refractivity contribution is 7.99. The molecule has 0 saturated heterocycles. The quantitative estimate of drug-likeness (QED) is 0.696. The van der Waals surface area contributed by atoms with Gasteiger partial charge in [-0.25, -0.2) is 0 Å². The Morgan fingerprint density at radius 3 is 2.39 bits per heavy atom. The van der Waals surface area contributed by atoms with Crippen LogP contribution in [-0.4, -0.2) is 67.4 Å². The summed E-state index contributed by atoms with van der Waals surface area (Å²) in [4.78, 5) is 26.6. The van der Waals surface area contributed by atoms with E-state index in [1.807, 2.05) is 55.4 Å². The van der Waals surface area contributed by atoms with E-state index in [2.05, 4.69) is 0 Å². The molecule has 0 fully saturated rings. The number of amides is 1. The molecule has 1 aliphatic heterocycles. The average Bonchev–Trinajstić information content (AvgIpc) is 2.81. The number of nitrogens with zero attached hydrogens (tertiary/aromatic N) is 2. The molecule has 2 N–H and O–H groups in total. The van der Waals surface area contributed by atoms with Crippen LogP contribution in [0.4, 0.5) is 5.69 Å². The van der Waals surface area contributed by atoms with Crippen LogP contribution in [0.3, 0.4) is 0 Å². The van der Waals surface area contributed by atoms with Gasteiger partial charge in [0, 0.05) is 29.9 Å². The number of aliphatic hydroxyl groups is 1. The van der Waals surface area contributed by atoms with Gasteiger partial charge >= 0.3 is 0 Å². The van der Waals surface area contributed by atoms with Crippen LogP contribution in [-0.2, 0) is 9.59 Å². The number of aliphatic hydroxyl groups excluding tert-OH is 1. The third-order valence-corrected chi connectivity index (χ3v) is 6.09. The van der Waals surface area contributed by atoms with Crippen molar-refractivity contribution in [3.8, 4) is 5.75 Å². The van der Waals surface area contributed by atoms with Gasteiger partial charge in [-0.15, -0.1) is 11.8 Å². The third-order valence-electron chi connectivity index (χ3n) is 4.49. The number of carboxylic acid groups (broad SMARTS) is 1. The van der Waals surface area contributed by atoms with Gasteiger partial charge in [-0.3, -0.25) is 9.59 Å². The maximum absolute atomic E-state index is 13.1. The Hall–Kier alpha value is -2.26. The molecule has 1 amide bonds. The summed E-state index contributed by atoms with van der Waals surface area (Å²) in [7, 11) is 5.52. The molecule has 0 radical (unpaired) electrons. The topological polar surface area (TPSA) is 90.3 Å². The second-order valence-electron chi connectivity index (χ2n) is 7.18. The molecule has 31 heavy (non-hydrogen) atoms. The second kappa shape index (κ2) is 11.4. The van der Waals surface area contributed by atoms with Crippen molar-refractivity contribution in [2.75, 3.05) is 39.2 Å². The number of hydrogen-bond acceptors (Lipinski definition) is 6. The number of ether oxygens (including phenoxy) is 1. The van der Waals surface area contributed by atoms with Gasteiger partial charge in [0.05, 0.1) is 18.0 Å². The fourth-order valence-corrected chi connectivity index (χ4v) is 4.53. The summed E-state index contributed by atoms with van der Waals surface area (Å²) in [5.74, 6) is -0.402. The second-order valence-corrected chi connectivity index (χ2v) is 8.80. The number of rotatable bonds is 5. The van der Waals surface area contributed by atoms with Crippen LogP contribution in [0.25, 0.3) is 0 Å². The van der Waals surface area contributed by atoms with Crippen molar-refractivity contribution >= 4 is 40.9 Å². The van der Waals surface area contributed by atoms with Gasteiger partial charge in [0.25, 0.3) is 11.9 Å². The number of carboxylic acids is 1. The molecule has 0 spiro atoms. The van der Waals surface area contributed by atoms with Gasteiger partial charge in [0.15, 0.2) is 0 Å². The predicted molar refractivity (Wildman–Crippen MR) is 123 cm³/mol. The minimum Gasteiger partial charge on any atom is -0.497 e. The summed E-state index contributed by atoms with van der Waals surface area (Å²) >= 11 is 7.66. The number of likely N-dealkylation sites (N-methyl/N-ethyl adjacent to an activating group) is 1. The number of anilines is 1. The fraction of sp³-hybridized carbons (Fsp3) is 0.364. The molecule has 2 aromatic rings. The molecular formula is C22H27ClN2O5S. The van der Waals surface area contributed by atoms with Crippen LogP contribution in [0.5, 0.6) is 5.75 Å². The van der Waals surface area contributed by atoms with E-state index < -0.39 is 17.3 Å². The van der Waals surface area contributed by atoms with Gasteiger partial charge in [0.2, 0.25) is 0 Å². The average molecular weight is 467 g/mol. The lowest BCUT2D eigenvalue weighted by Gasteiger charge is -2.26. The van der Waals surface area contributed by atoms with Crippen LogP contribution < -0.4 is 9.64 Å². The van der Waals surface area contributed by atoms with Crippen molar-refractivity contribution in [3.05, 3.63) is 53.1 Å². The van der Waals surface area contributed by atoms with E-state index in [1.165, 1.54) is 11.8 Å². The molecule has 0 bridgehead atoms. The summed E-state index contributed by atoms with van der Waals surface area (Å²) in [5, 5.41) is 18.5. The summed E-state index contributed by atoms with van der Waals surface area (Å²) in [6, 6.07) is 12.9. The summed E-state index contributed by atoms with van der Waals surface area (Å²) in [6.45, 7) is 2.27. The molecule has 0 aliphatic carbocycles. The minimum atomic E-state index is -1.16. The van der Waals surface area contributed by atoms with Gasteiger partial charge in [-0.1, -0.05) is 23.7 Å². The van der Waals surface area contributed by atoms with Crippen LogP contribution in [0.1, 0.15) is 17.7 Å². The number of carbonyl (C=O) groups excluding carboxylic acids is 1. The molecule has 1 aliphatic rings. The maximum atomic E-state index is 13.1. The molecule has 3 rings (SSSR count). The highest BCUT2D eigenvalue weighted by Gasteiger charge is 2.37. The molecule has 2 aromatic carbocycles. The van der Waals surface area contributed by atoms with E-state index in [0.717, 1.165) is 28.8 Å². The van der Waals surface area contributed by atoms with E-state index in [9.17, 15) is 9.90 Å². The standard InChI is InChI=1S/C20H23ClN2O3S.C2H4O2/c1-22(2)10-11-23-16-9-6-14(21)12-17(16)27-19(18(24)20(23)25)13-4-7-15(26-3)8-5-13;1-2(3)4/h4-9,12,18-19,24H,10-11H2,1-3H3;1H3,(H,3,4). The van der Waals surface area contributed by atoms with Crippen molar-refractivity contribution in [2.45, 2.75) is 23.2 Å². The largest absolute Gasteiger partial charge is 0.497 e. The Balaban J connectivity index is 0.000000785. The number of fused-ring (bicyclic) bond motifs is 1. The van der Waals surface area contributed by atoms with Crippen molar-refractivity contribution in [2.24, 2.45) is 0 Å². The molecule has 9 heteroatoms. The number of benzene rings is 2. The molecule has 1 heterocycles. The monoisotopic (exact) mass is 466 g/mol. The van der Waals surface area contributed by atoms with Crippen molar-refractivity contribution < 1.29 is 24.5 Å². The summed E-state index contributed by atoms with van der Waals surface area (Å²) in [5.41, 5.74) is 1.65. The number of thioether (sulfide) groups is 1. The Kier molecular flexibility index (Phi) is 9.18. The first-order chi connectivity index (χ1) is 14.6. The predicted octanol–water partition coefficient (Wildman–Crippen LogP) is 3.54. The molecule has 2 unspecified atom stereocenters. The number of hydrogen-bond donors (Lipinski definition) is 2. The van der Waals surface area contributed by atoms with E-state index in [4.69, 9.17) is 26.2 Å².